The summed E-state index contributed by atoms with van der Waals surface area (Å²) in [6, 6.07) is 2.19. The van der Waals surface area contributed by atoms with E-state index in [1.54, 1.807) is 6.21 Å². The van der Waals surface area contributed by atoms with Gasteiger partial charge in [0, 0.05) is 31.7 Å². The van der Waals surface area contributed by atoms with Gasteiger partial charge >= 0.3 is 0 Å². The second-order valence-electron chi connectivity index (χ2n) is 6.55. The molecule has 1 aromatic carbocycles. The van der Waals surface area contributed by atoms with Crippen LogP contribution in [0.3, 0.4) is 0 Å². The van der Waals surface area contributed by atoms with Crippen molar-refractivity contribution in [3.8, 4) is 0 Å². The largest absolute Gasteiger partial charge is 0.304 e. The summed E-state index contributed by atoms with van der Waals surface area (Å²) < 4.78 is 0. The molecule has 1 amide bonds. The summed E-state index contributed by atoms with van der Waals surface area (Å²) in [5, 5.41) is 4.16. The number of hydrogen-bond donors (Lipinski definition) is 1. The number of carbonyl (C=O) groups is 1. The van der Waals surface area contributed by atoms with Crippen LogP contribution in [0.2, 0.25) is 0 Å². The van der Waals surface area contributed by atoms with Gasteiger partial charge in [0.25, 0.3) is 5.91 Å². The molecular formula is C18H28N4O. The Bertz CT molecular complexity index is 575. The van der Waals surface area contributed by atoms with Gasteiger partial charge < -0.3 is 4.90 Å². The molecule has 0 aromatic heterocycles. The lowest BCUT2D eigenvalue weighted by Gasteiger charge is -2.31. The third-order valence-electron chi connectivity index (χ3n) is 4.77. The number of amides is 1. The maximum absolute atomic E-state index is 12.0. The van der Waals surface area contributed by atoms with Crippen LogP contribution in [0.1, 0.15) is 27.8 Å². The fourth-order valence-corrected chi connectivity index (χ4v) is 2.85. The lowest BCUT2D eigenvalue weighted by atomic mass is 9.95. The van der Waals surface area contributed by atoms with E-state index in [4.69, 9.17) is 0 Å². The molecule has 0 aliphatic carbocycles. The summed E-state index contributed by atoms with van der Waals surface area (Å²) in [7, 11) is 2.11. The number of rotatable bonds is 4. The maximum Gasteiger partial charge on any atom is 0.254 e. The molecule has 126 valence electrons. The first-order chi connectivity index (χ1) is 10.9. The Morgan fingerprint density at radius 3 is 2.26 bits per heavy atom. The SMILES string of the molecule is Cc1cc(C)c(C)c(/C=N/NC(=O)CN2CCN(C)CC2)c1C. The molecular weight excluding hydrogens is 288 g/mol. The highest BCUT2D eigenvalue weighted by molar-refractivity contribution is 5.86. The molecule has 0 saturated carbocycles. The second kappa shape index (κ2) is 7.70. The summed E-state index contributed by atoms with van der Waals surface area (Å²) in [6.45, 7) is 12.7. The summed E-state index contributed by atoms with van der Waals surface area (Å²) in [4.78, 5) is 16.4. The first kappa shape index (κ1) is 17.6. The van der Waals surface area contributed by atoms with Crippen LogP contribution in [0.5, 0.6) is 0 Å². The van der Waals surface area contributed by atoms with Gasteiger partial charge in [-0.05, 0) is 57.0 Å². The number of hydrazone groups is 1. The van der Waals surface area contributed by atoms with Crippen LogP contribution in [0.4, 0.5) is 0 Å². The van der Waals surface area contributed by atoms with Gasteiger partial charge in [-0.1, -0.05) is 6.07 Å². The van der Waals surface area contributed by atoms with Crippen molar-refractivity contribution in [2.45, 2.75) is 27.7 Å². The fourth-order valence-electron chi connectivity index (χ4n) is 2.85. The van der Waals surface area contributed by atoms with Gasteiger partial charge in [0.2, 0.25) is 0 Å². The molecule has 5 heteroatoms. The lowest BCUT2D eigenvalue weighted by Crippen LogP contribution is -2.47. The van der Waals surface area contributed by atoms with Crippen molar-refractivity contribution in [1.29, 1.82) is 0 Å². The molecule has 2 rings (SSSR count). The van der Waals surface area contributed by atoms with Crippen LogP contribution in [-0.2, 0) is 4.79 Å². The molecule has 0 unspecified atom stereocenters. The van der Waals surface area contributed by atoms with E-state index < -0.39 is 0 Å². The molecule has 1 fully saturated rings. The molecule has 0 atom stereocenters. The van der Waals surface area contributed by atoms with Gasteiger partial charge in [0.15, 0.2) is 0 Å². The smallest absolute Gasteiger partial charge is 0.254 e. The normalized spacial score (nSPS) is 16.9. The van der Waals surface area contributed by atoms with Crippen LogP contribution < -0.4 is 5.43 Å². The minimum atomic E-state index is -0.0505. The molecule has 1 saturated heterocycles. The van der Waals surface area contributed by atoms with E-state index in [0.717, 1.165) is 31.7 Å². The number of piperazine rings is 1. The number of hydrogen-bond acceptors (Lipinski definition) is 4. The number of likely N-dealkylation sites (N-methyl/N-ethyl adjacent to an activating group) is 1. The van der Waals surface area contributed by atoms with Crippen molar-refractivity contribution in [1.82, 2.24) is 15.2 Å². The Hall–Kier alpha value is -1.72. The van der Waals surface area contributed by atoms with Crippen molar-refractivity contribution >= 4 is 12.1 Å². The van der Waals surface area contributed by atoms with E-state index in [1.165, 1.54) is 22.3 Å². The van der Waals surface area contributed by atoms with Gasteiger partial charge in [0.1, 0.15) is 0 Å². The average molecular weight is 316 g/mol. The zero-order chi connectivity index (χ0) is 17.0. The number of benzene rings is 1. The van der Waals surface area contributed by atoms with Gasteiger partial charge in [-0.25, -0.2) is 5.43 Å². The van der Waals surface area contributed by atoms with E-state index >= 15 is 0 Å². The molecule has 23 heavy (non-hydrogen) atoms. The molecule has 0 radical (unpaired) electrons. The minimum Gasteiger partial charge on any atom is -0.304 e. The molecule has 1 heterocycles. The van der Waals surface area contributed by atoms with Gasteiger partial charge in [-0.2, -0.15) is 5.10 Å². The summed E-state index contributed by atoms with van der Waals surface area (Å²) in [6.07, 6.45) is 1.77. The second-order valence-corrected chi connectivity index (χ2v) is 6.55. The van der Waals surface area contributed by atoms with Crippen LogP contribution in [0, 0.1) is 27.7 Å². The number of nitrogens with zero attached hydrogens (tertiary/aromatic N) is 3. The van der Waals surface area contributed by atoms with Crippen LogP contribution in [0.25, 0.3) is 0 Å². The molecule has 0 bridgehead atoms. The third-order valence-corrected chi connectivity index (χ3v) is 4.77. The quantitative estimate of drug-likeness (QED) is 0.678. The van der Waals surface area contributed by atoms with E-state index in [9.17, 15) is 4.79 Å². The molecule has 1 aromatic rings. The summed E-state index contributed by atoms with van der Waals surface area (Å²) in [5.74, 6) is -0.0505. The van der Waals surface area contributed by atoms with Crippen molar-refractivity contribution in [2.75, 3.05) is 39.8 Å². The Kier molecular flexibility index (Phi) is 5.91. The highest BCUT2D eigenvalue weighted by Gasteiger charge is 2.16. The van der Waals surface area contributed by atoms with Crippen molar-refractivity contribution < 1.29 is 4.79 Å². The number of aryl methyl sites for hydroxylation is 2. The molecule has 0 spiro atoms. The zero-order valence-corrected chi connectivity index (χ0v) is 14.9. The first-order valence-corrected chi connectivity index (χ1v) is 8.18. The minimum absolute atomic E-state index is 0.0505. The van der Waals surface area contributed by atoms with E-state index in [0.29, 0.717) is 6.54 Å². The molecule has 1 aliphatic rings. The van der Waals surface area contributed by atoms with E-state index in [1.807, 2.05) is 0 Å². The topological polar surface area (TPSA) is 47.9 Å². The Morgan fingerprint density at radius 2 is 1.70 bits per heavy atom. The highest BCUT2D eigenvalue weighted by atomic mass is 16.2. The van der Waals surface area contributed by atoms with Crippen LogP contribution >= 0.6 is 0 Å². The molecule has 1 aliphatic heterocycles. The zero-order valence-electron chi connectivity index (χ0n) is 14.9. The standard InChI is InChI=1S/C18H28N4O/c1-13-10-14(2)16(4)17(15(13)3)11-19-20-18(23)12-22-8-6-21(5)7-9-22/h10-11H,6-9,12H2,1-5H3,(H,20,23)/b19-11+. The highest BCUT2D eigenvalue weighted by Crippen LogP contribution is 2.19. The van der Waals surface area contributed by atoms with E-state index in [-0.39, 0.29) is 5.91 Å². The first-order valence-electron chi connectivity index (χ1n) is 8.18. The molecule has 5 nitrogen and oxygen atoms in total. The number of carbonyl (C=O) groups excluding carboxylic acids is 1. The van der Waals surface area contributed by atoms with Crippen LogP contribution in [-0.4, -0.2) is 61.7 Å². The fraction of sp³-hybridized carbons (Fsp3) is 0.556. The van der Waals surface area contributed by atoms with Gasteiger partial charge in [-0.3, -0.25) is 9.69 Å². The lowest BCUT2D eigenvalue weighted by molar-refractivity contribution is -0.122. The monoisotopic (exact) mass is 316 g/mol. The van der Waals surface area contributed by atoms with Crippen molar-refractivity contribution in [3.63, 3.8) is 0 Å². The van der Waals surface area contributed by atoms with Gasteiger partial charge in [0.05, 0.1) is 12.8 Å². The molecule has 1 N–H and O–H groups in total. The Balaban J connectivity index is 1.93. The van der Waals surface area contributed by atoms with Crippen LogP contribution in [0.15, 0.2) is 11.2 Å². The van der Waals surface area contributed by atoms with Gasteiger partial charge in [-0.15, -0.1) is 0 Å². The predicted molar refractivity (Wildman–Crippen MR) is 95.1 cm³/mol. The Morgan fingerprint density at radius 1 is 1.13 bits per heavy atom. The average Bonchev–Trinajstić information content (AvgIpc) is 2.51. The maximum atomic E-state index is 12.0. The van der Waals surface area contributed by atoms with Crippen molar-refractivity contribution in [3.05, 3.63) is 33.9 Å². The summed E-state index contributed by atoms with van der Waals surface area (Å²) in [5.41, 5.74) is 8.68. The van der Waals surface area contributed by atoms with Crippen molar-refractivity contribution in [2.24, 2.45) is 5.10 Å². The van der Waals surface area contributed by atoms with E-state index in [2.05, 4.69) is 61.1 Å². The third kappa shape index (κ3) is 4.62. The summed E-state index contributed by atoms with van der Waals surface area (Å²) >= 11 is 0. The number of nitrogens with one attached hydrogen (secondary N) is 1. The predicted octanol–water partition coefficient (Wildman–Crippen LogP) is 1.62. The Labute approximate surface area is 139 Å².